The minimum atomic E-state index is -0.780. The van der Waals surface area contributed by atoms with Gasteiger partial charge in [0.15, 0.2) is 0 Å². The number of pyridine rings is 1. The molecule has 4 aromatic rings. The van der Waals surface area contributed by atoms with E-state index in [0.717, 1.165) is 16.7 Å². The molecule has 2 heterocycles. The molecule has 7 nitrogen and oxygen atoms in total. The molecule has 0 radical (unpaired) electrons. The van der Waals surface area contributed by atoms with Crippen molar-refractivity contribution in [1.29, 1.82) is 0 Å². The first-order valence-corrected chi connectivity index (χ1v) is 9.58. The molecule has 0 atom stereocenters. The number of hydrogen-bond acceptors (Lipinski definition) is 5. The highest BCUT2D eigenvalue weighted by Gasteiger charge is 2.23. The number of aryl methyl sites for hydroxylation is 1. The van der Waals surface area contributed by atoms with E-state index in [2.05, 4.69) is 0 Å². The van der Waals surface area contributed by atoms with Crippen LogP contribution in [0.15, 0.2) is 70.2 Å². The first-order chi connectivity index (χ1) is 14.8. The summed E-state index contributed by atoms with van der Waals surface area (Å²) in [5.41, 5.74) is 14.6. The molecular formula is C24H21N3O4. The molecule has 4 rings (SSSR count). The van der Waals surface area contributed by atoms with Gasteiger partial charge >= 0.3 is 0 Å². The van der Waals surface area contributed by atoms with Gasteiger partial charge in [-0.1, -0.05) is 36.4 Å². The van der Waals surface area contributed by atoms with Crippen molar-refractivity contribution in [3.63, 3.8) is 0 Å². The lowest BCUT2D eigenvalue weighted by atomic mass is 9.93. The minimum absolute atomic E-state index is 0.0137. The number of furan rings is 1. The lowest BCUT2D eigenvalue weighted by Crippen LogP contribution is -2.26. The van der Waals surface area contributed by atoms with E-state index in [1.54, 1.807) is 32.0 Å². The van der Waals surface area contributed by atoms with E-state index in [4.69, 9.17) is 15.9 Å². The number of nitrogen functional groups attached to an aromatic ring is 1. The third-order valence-corrected chi connectivity index (χ3v) is 5.34. The molecular weight excluding hydrogens is 394 g/mol. The second-order valence-electron chi connectivity index (χ2n) is 7.31. The molecule has 0 fully saturated rings. The maximum atomic E-state index is 13.5. The fraction of sp³-hybridized carbons (Fsp3) is 0.0833. The Kier molecular flexibility index (Phi) is 4.87. The van der Waals surface area contributed by atoms with Gasteiger partial charge in [-0.05, 0) is 42.2 Å². The highest BCUT2D eigenvalue weighted by molar-refractivity contribution is 6.01. The summed E-state index contributed by atoms with van der Waals surface area (Å²) in [6.45, 7) is 3.47. The number of primary amides is 1. The van der Waals surface area contributed by atoms with Crippen molar-refractivity contribution in [1.82, 2.24) is 4.57 Å². The summed E-state index contributed by atoms with van der Waals surface area (Å²) in [6, 6.07) is 14.4. The van der Waals surface area contributed by atoms with Gasteiger partial charge in [0.1, 0.15) is 12.0 Å². The Labute approximate surface area is 178 Å². The van der Waals surface area contributed by atoms with E-state index < -0.39 is 11.5 Å². The lowest BCUT2D eigenvalue weighted by molar-refractivity contribution is 0.100. The molecule has 0 aliphatic heterocycles. The van der Waals surface area contributed by atoms with Gasteiger partial charge in [-0.3, -0.25) is 14.2 Å². The molecule has 0 bridgehead atoms. The largest absolute Gasteiger partial charge is 0.508 e. The number of nitrogens with zero attached hydrogens (tertiary/aromatic N) is 1. The third kappa shape index (κ3) is 3.36. The first-order valence-electron chi connectivity index (χ1n) is 9.58. The van der Waals surface area contributed by atoms with Crippen LogP contribution >= 0.6 is 0 Å². The van der Waals surface area contributed by atoms with Crippen LogP contribution < -0.4 is 17.0 Å². The number of rotatable bonds is 4. The maximum absolute atomic E-state index is 13.5. The summed E-state index contributed by atoms with van der Waals surface area (Å²) in [7, 11) is 0. The quantitative estimate of drug-likeness (QED) is 0.468. The summed E-state index contributed by atoms with van der Waals surface area (Å²) < 4.78 is 6.87. The molecule has 2 aromatic heterocycles. The molecule has 0 spiro atoms. The zero-order chi connectivity index (χ0) is 22.3. The zero-order valence-corrected chi connectivity index (χ0v) is 17.0. The number of phenolic OH excluding ortho intramolecular Hbond substituents is 1. The van der Waals surface area contributed by atoms with Gasteiger partial charge < -0.3 is 21.0 Å². The highest BCUT2D eigenvalue weighted by atomic mass is 16.3. The summed E-state index contributed by atoms with van der Waals surface area (Å²) in [4.78, 5) is 25.6. The number of anilines is 1. The van der Waals surface area contributed by atoms with Gasteiger partial charge in [0.2, 0.25) is 5.88 Å². The van der Waals surface area contributed by atoms with Gasteiger partial charge in [-0.2, -0.15) is 0 Å². The minimum Gasteiger partial charge on any atom is -0.508 e. The topological polar surface area (TPSA) is 124 Å². The molecule has 1 amide bonds. The van der Waals surface area contributed by atoms with Crippen LogP contribution in [-0.4, -0.2) is 15.6 Å². The number of nitrogens with two attached hydrogens (primary N) is 2. The standard InChI is InChI=1S/C24H21N3O4/c1-13-8-9-18(28)14(2)20(13)21-22(25)17(23(26)29)11-27(24(21)30)19-10-16(12-31-19)15-6-4-3-5-7-15/h3-12,28H,25H2,1-2H3,(H2,26,29). The predicted molar refractivity (Wildman–Crippen MR) is 119 cm³/mol. The third-order valence-electron chi connectivity index (χ3n) is 5.34. The van der Waals surface area contributed by atoms with Crippen molar-refractivity contribution in [3.8, 4) is 33.9 Å². The molecule has 0 aliphatic rings. The number of benzene rings is 2. The van der Waals surface area contributed by atoms with Crippen molar-refractivity contribution in [2.45, 2.75) is 13.8 Å². The molecule has 31 heavy (non-hydrogen) atoms. The molecule has 7 heteroatoms. The van der Waals surface area contributed by atoms with E-state index in [-0.39, 0.29) is 28.4 Å². The van der Waals surface area contributed by atoms with Crippen LogP contribution in [0.3, 0.4) is 0 Å². The number of hydrogen-bond donors (Lipinski definition) is 3. The Morgan fingerprint density at radius 3 is 2.42 bits per heavy atom. The fourth-order valence-corrected chi connectivity index (χ4v) is 3.68. The molecule has 0 aliphatic carbocycles. The van der Waals surface area contributed by atoms with Crippen molar-refractivity contribution >= 4 is 11.6 Å². The van der Waals surface area contributed by atoms with E-state index >= 15 is 0 Å². The fourth-order valence-electron chi connectivity index (χ4n) is 3.68. The molecule has 5 N–H and O–H groups in total. The van der Waals surface area contributed by atoms with Gasteiger partial charge in [0.05, 0.1) is 16.8 Å². The van der Waals surface area contributed by atoms with E-state index in [9.17, 15) is 14.7 Å². The summed E-state index contributed by atoms with van der Waals surface area (Å²) >= 11 is 0. The van der Waals surface area contributed by atoms with Crippen LogP contribution in [0.5, 0.6) is 5.75 Å². The maximum Gasteiger partial charge on any atom is 0.267 e. The average Bonchev–Trinajstić information content (AvgIpc) is 3.23. The van der Waals surface area contributed by atoms with Crippen LogP contribution in [0, 0.1) is 13.8 Å². The van der Waals surface area contributed by atoms with Crippen molar-refractivity contribution in [2.24, 2.45) is 5.73 Å². The number of phenols is 1. The molecule has 2 aromatic carbocycles. The molecule has 0 unspecified atom stereocenters. The smallest absolute Gasteiger partial charge is 0.267 e. The predicted octanol–water partition coefficient (Wildman–Crippen LogP) is 3.77. The Morgan fingerprint density at radius 1 is 1.03 bits per heavy atom. The SMILES string of the molecule is Cc1ccc(O)c(C)c1-c1c(N)c(C(N)=O)cn(-c2cc(-c3ccccc3)co2)c1=O. The van der Waals surface area contributed by atoms with Crippen LogP contribution in [0.25, 0.3) is 28.1 Å². The van der Waals surface area contributed by atoms with Crippen LogP contribution in [-0.2, 0) is 0 Å². The zero-order valence-electron chi connectivity index (χ0n) is 17.0. The number of amides is 1. The monoisotopic (exact) mass is 415 g/mol. The Balaban J connectivity index is 2.01. The molecule has 0 saturated carbocycles. The number of aromatic nitrogens is 1. The average molecular weight is 415 g/mol. The van der Waals surface area contributed by atoms with E-state index in [1.807, 2.05) is 30.3 Å². The highest BCUT2D eigenvalue weighted by Crippen LogP contribution is 2.35. The van der Waals surface area contributed by atoms with Crippen LogP contribution in [0.1, 0.15) is 21.5 Å². The first kappa shape index (κ1) is 20.0. The normalized spacial score (nSPS) is 10.9. The summed E-state index contributed by atoms with van der Waals surface area (Å²) in [5.74, 6) is -0.555. The van der Waals surface area contributed by atoms with Gasteiger partial charge in [0.25, 0.3) is 11.5 Å². The number of aromatic hydroxyl groups is 1. The molecule has 156 valence electrons. The van der Waals surface area contributed by atoms with Gasteiger partial charge in [-0.25, -0.2) is 0 Å². The van der Waals surface area contributed by atoms with Crippen LogP contribution in [0.2, 0.25) is 0 Å². The van der Waals surface area contributed by atoms with Crippen LogP contribution in [0.4, 0.5) is 5.69 Å². The number of carbonyl (C=O) groups is 1. The Hall–Kier alpha value is -4.26. The Morgan fingerprint density at radius 2 is 1.74 bits per heavy atom. The lowest BCUT2D eigenvalue weighted by Gasteiger charge is -2.16. The molecule has 0 saturated heterocycles. The van der Waals surface area contributed by atoms with E-state index in [1.165, 1.54) is 17.0 Å². The van der Waals surface area contributed by atoms with E-state index in [0.29, 0.717) is 11.1 Å². The van der Waals surface area contributed by atoms with Crippen molar-refractivity contribution in [3.05, 3.63) is 88.0 Å². The summed E-state index contributed by atoms with van der Waals surface area (Å²) in [5, 5.41) is 10.2. The summed E-state index contributed by atoms with van der Waals surface area (Å²) in [6.07, 6.45) is 2.81. The Bertz CT molecular complexity index is 1370. The van der Waals surface area contributed by atoms with Crippen molar-refractivity contribution < 1.29 is 14.3 Å². The second-order valence-corrected chi connectivity index (χ2v) is 7.31. The van der Waals surface area contributed by atoms with Crippen molar-refractivity contribution in [2.75, 3.05) is 5.73 Å². The number of carbonyl (C=O) groups excluding carboxylic acids is 1. The van der Waals surface area contributed by atoms with Gasteiger partial charge in [0, 0.05) is 17.8 Å². The second kappa shape index (κ2) is 7.53. The van der Waals surface area contributed by atoms with Gasteiger partial charge in [-0.15, -0.1) is 0 Å².